The van der Waals surface area contributed by atoms with E-state index in [4.69, 9.17) is 0 Å². The van der Waals surface area contributed by atoms with E-state index in [1.54, 1.807) is 0 Å². The van der Waals surface area contributed by atoms with Gasteiger partial charge in [-0.15, -0.1) is 0 Å². The smallest absolute Gasteiger partial charge is 0.272 e. The Balaban J connectivity index is 2.05. The van der Waals surface area contributed by atoms with Crippen LogP contribution in [0.2, 0.25) is 0 Å². The van der Waals surface area contributed by atoms with E-state index in [9.17, 15) is 4.79 Å². The number of carbonyl (C=O) groups is 1. The van der Waals surface area contributed by atoms with Crippen molar-refractivity contribution in [2.24, 2.45) is 0 Å². The molecule has 23 heavy (non-hydrogen) atoms. The molecule has 1 N–H and O–H groups in total. The summed E-state index contributed by atoms with van der Waals surface area (Å²) < 4.78 is 2.09. The Morgan fingerprint density at radius 1 is 1.09 bits per heavy atom. The van der Waals surface area contributed by atoms with Crippen LogP contribution in [-0.4, -0.2) is 10.5 Å². The molecular formula is C20H22N2O. The van der Waals surface area contributed by atoms with Crippen LogP contribution in [0.3, 0.4) is 0 Å². The molecule has 3 aromatic rings. The van der Waals surface area contributed by atoms with Crippen molar-refractivity contribution in [1.82, 2.24) is 4.57 Å². The molecule has 1 aromatic heterocycles. The number of fused-ring (bicyclic) bond motifs is 1. The van der Waals surface area contributed by atoms with Gasteiger partial charge in [0.05, 0.1) is 0 Å². The number of nitrogens with zero attached hydrogens (tertiary/aromatic N) is 1. The third-order valence-electron chi connectivity index (χ3n) is 4.39. The van der Waals surface area contributed by atoms with E-state index in [-0.39, 0.29) is 5.91 Å². The number of para-hydroxylation sites is 1. The van der Waals surface area contributed by atoms with E-state index in [0.29, 0.717) is 0 Å². The first-order valence-corrected chi connectivity index (χ1v) is 7.99. The van der Waals surface area contributed by atoms with Gasteiger partial charge < -0.3 is 9.88 Å². The van der Waals surface area contributed by atoms with Crippen molar-refractivity contribution in [2.45, 2.75) is 34.2 Å². The highest BCUT2D eigenvalue weighted by Gasteiger charge is 2.19. The largest absolute Gasteiger partial charge is 0.337 e. The number of nitrogens with one attached hydrogen (secondary N) is 1. The number of anilines is 1. The van der Waals surface area contributed by atoms with Crippen molar-refractivity contribution in [1.29, 1.82) is 0 Å². The number of hydrogen-bond acceptors (Lipinski definition) is 1. The standard InChI is InChI=1S/C20H22N2O/c1-5-22-18-9-7-6-8-16(18)15(4)19(22)20(23)21-17-11-10-13(2)12-14(17)3/h6-12H,5H2,1-4H3,(H,21,23). The van der Waals surface area contributed by atoms with E-state index in [1.807, 2.05) is 38.1 Å². The first-order chi connectivity index (χ1) is 11.0. The highest BCUT2D eigenvalue weighted by atomic mass is 16.2. The topological polar surface area (TPSA) is 34.0 Å². The number of hydrogen-bond donors (Lipinski definition) is 1. The Bertz CT molecular complexity index is 890. The average molecular weight is 306 g/mol. The third-order valence-corrected chi connectivity index (χ3v) is 4.39. The van der Waals surface area contributed by atoms with Crippen molar-refractivity contribution in [2.75, 3.05) is 5.32 Å². The predicted molar refractivity (Wildman–Crippen MR) is 96.2 cm³/mol. The molecule has 0 spiro atoms. The maximum absolute atomic E-state index is 12.9. The molecule has 0 fully saturated rings. The highest BCUT2D eigenvalue weighted by molar-refractivity contribution is 6.08. The minimum Gasteiger partial charge on any atom is -0.337 e. The van der Waals surface area contributed by atoms with Crippen LogP contribution in [0.5, 0.6) is 0 Å². The van der Waals surface area contributed by atoms with Crippen LogP contribution in [-0.2, 0) is 6.54 Å². The lowest BCUT2D eigenvalue weighted by molar-refractivity contribution is 0.101. The van der Waals surface area contributed by atoms with Gasteiger partial charge in [-0.05, 0) is 51.0 Å². The summed E-state index contributed by atoms with van der Waals surface area (Å²) in [6.07, 6.45) is 0. The monoisotopic (exact) mass is 306 g/mol. The molecule has 0 aliphatic carbocycles. The summed E-state index contributed by atoms with van der Waals surface area (Å²) in [6, 6.07) is 14.2. The van der Waals surface area contributed by atoms with Gasteiger partial charge in [0.2, 0.25) is 0 Å². The van der Waals surface area contributed by atoms with Gasteiger partial charge in [-0.1, -0.05) is 35.9 Å². The zero-order chi connectivity index (χ0) is 16.6. The Labute approximate surface area is 136 Å². The fraction of sp³-hybridized carbons (Fsp3) is 0.250. The van der Waals surface area contributed by atoms with Crippen LogP contribution < -0.4 is 5.32 Å². The van der Waals surface area contributed by atoms with Gasteiger partial charge in [0.1, 0.15) is 5.69 Å². The molecule has 118 valence electrons. The van der Waals surface area contributed by atoms with Gasteiger partial charge in [-0.3, -0.25) is 4.79 Å². The van der Waals surface area contributed by atoms with E-state index >= 15 is 0 Å². The quantitative estimate of drug-likeness (QED) is 0.738. The second-order valence-corrected chi connectivity index (χ2v) is 6.01. The number of aromatic nitrogens is 1. The first kappa shape index (κ1) is 15.3. The molecule has 0 saturated heterocycles. The zero-order valence-corrected chi connectivity index (χ0v) is 14.1. The van der Waals surface area contributed by atoms with E-state index in [1.165, 1.54) is 5.56 Å². The lowest BCUT2D eigenvalue weighted by Gasteiger charge is -2.12. The first-order valence-electron chi connectivity index (χ1n) is 7.99. The Hall–Kier alpha value is -2.55. The van der Waals surface area contributed by atoms with Crippen molar-refractivity contribution < 1.29 is 4.79 Å². The molecule has 0 unspecified atom stereocenters. The SMILES string of the molecule is CCn1c(C(=O)Nc2ccc(C)cc2C)c(C)c2ccccc21. The molecule has 2 aromatic carbocycles. The summed E-state index contributed by atoms with van der Waals surface area (Å²) in [5.41, 5.74) is 6.03. The molecule has 1 heterocycles. The van der Waals surface area contributed by atoms with Gasteiger partial charge >= 0.3 is 0 Å². The molecule has 3 rings (SSSR count). The highest BCUT2D eigenvalue weighted by Crippen LogP contribution is 2.27. The minimum absolute atomic E-state index is 0.0486. The van der Waals surface area contributed by atoms with Crippen molar-refractivity contribution >= 4 is 22.5 Å². The summed E-state index contributed by atoms with van der Waals surface area (Å²) >= 11 is 0. The van der Waals surface area contributed by atoms with Gasteiger partial charge in [0, 0.05) is 23.1 Å². The van der Waals surface area contributed by atoms with E-state index < -0.39 is 0 Å². The van der Waals surface area contributed by atoms with Crippen molar-refractivity contribution in [3.05, 3.63) is 64.8 Å². The molecule has 0 radical (unpaired) electrons. The minimum atomic E-state index is -0.0486. The Morgan fingerprint density at radius 2 is 1.83 bits per heavy atom. The summed E-state index contributed by atoms with van der Waals surface area (Å²) in [5.74, 6) is -0.0486. The van der Waals surface area contributed by atoms with Crippen LogP contribution in [0.15, 0.2) is 42.5 Å². The van der Waals surface area contributed by atoms with Crippen LogP contribution in [0, 0.1) is 20.8 Å². The molecule has 0 saturated carbocycles. The van der Waals surface area contributed by atoms with Gasteiger partial charge in [-0.2, -0.15) is 0 Å². The third kappa shape index (κ3) is 2.63. The summed E-state index contributed by atoms with van der Waals surface area (Å²) in [5, 5.41) is 4.21. The Morgan fingerprint density at radius 3 is 2.52 bits per heavy atom. The number of aryl methyl sites for hydroxylation is 4. The van der Waals surface area contributed by atoms with Crippen LogP contribution in [0.1, 0.15) is 34.1 Å². The maximum atomic E-state index is 12.9. The summed E-state index contributed by atoms with van der Waals surface area (Å²) in [7, 11) is 0. The second-order valence-electron chi connectivity index (χ2n) is 6.01. The number of rotatable bonds is 3. The van der Waals surface area contributed by atoms with Crippen molar-refractivity contribution in [3.63, 3.8) is 0 Å². The van der Waals surface area contributed by atoms with Crippen LogP contribution in [0.25, 0.3) is 10.9 Å². The van der Waals surface area contributed by atoms with Crippen LogP contribution >= 0.6 is 0 Å². The van der Waals surface area contributed by atoms with Gasteiger partial charge in [-0.25, -0.2) is 0 Å². The van der Waals surface area contributed by atoms with Crippen molar-refractivity contribution in [3.8, 4) is 0 Å². The average Bonchev–Trinajstić information content (AvgIpc) is 2.83. The second kappa shape index (κ2) is 5.92. The molecular weight excluding hydrogens is 284 g/mol. The number of amides is 1. The molecule has 0 bridgehead atoms. The van der Waals surface area contributed by atoms with E-state index in [0.717, 1.165) is 40.0 Å². The van der Waals surface area contributed by atoms with Gasteiger partial charge in [0.15, 0.2) is 0 Å². The summed E-state index contributed by atoms with van der Waals surface area (Å²) in [4.78, 5) is 12.9. The predicted octanol–water partition coefficient (Wildman–Crippen LogP) is 4.84. The molecule has 0 aliphatic heterocycles. The maximum Gasteiger partial charge on any atom is 0.272 e. The molecule has 3 nitrogen and oxygen atoms in total. The molecule has 0 atom stereocenters. The summed E-state index contributed by atoms with van der Waals surface area (Å²) in [6.45, 7) is 8.93. The number of carbonyl (C=O) groups excluding carboxylic acids is 1. The normalized spacial score (nSPS) is 11.0. The fourth-order valence-electron chi connectivity index (χ4n) is 3.23. The lowest BCUT2D eigenvalue weighted by atomic mass is 10.1. The molecule has 3 heteroatoms. The zero-order valence-electron chi connectivity index (χ0n) is 14.1. The lowest BCUT2D eigenvalue weighted by Crippen LogP contribution is -2.18. The number of benzene rings is 2. The molecule has 0 aliphatic rings. The van der Waals surface area contributed by atoms with E-state index in [2.05, 4.69) is 41.9 Å². The van der Waals surface area contributed by atoms with Gasteiger partial charge in [0.25, 0.3) is 5.91 Å². The van der Waals surface area contributed by atoms with Crippen LogP contribution in [0.4, 0.5) is 5.69 Å². The Kier molecular flexibility index (Phi) is 3.95. The fourth-order valence-corrected chi connectivity index (χ4v) is 3.23. The molecule has 1 amide bonds.